The lowest BCUT2D eigenvalue weighted by molar-refractivity contribution is 0.0373. The molecule has 1 aromatic rings. The molecule has 3 nitrogen and oxygen atoms in total. The largest absolute Gasteiger partial charge is 0.399 e. The number of nitrogens with zero attached hydrogens (tertiary/aromatic N) is 1. The van der Waals surface area contributed by atoms with Crippen LogP contribution in [0.5, 0.6) is 0 Å². The fraction of sp³-hybridized carbons (Fsp3) is 0.600. The molecule has 2 heterocycles. The van der Waals surface area contributed by atoms with E-state index >= 15 is 0 Å². The van der Waals surface area contributed by atoms with Gasteiger partial charge in [-0.25, -0.2) is 0 Å². The second-order valence-electron chi connectivity index (χ2n) is 5.46. The molecule has 0 atom stereocenters. The third-order valence-electron chi connectivity index (χ3n) is 4.28. The van der Waals surface area contributed by atoms with Gasteiger partial charge in [0, 0.05) is 38.0 Å². The molecule has 19 heavy (non-hydrogen) atoms. The Hall–Kier alpha value is -0.630. The molecule has 1 aromatic carbocycles. The van der Waals surface area contributed by atoms with Gasteiger partial charge in [0.05, 0.1) is 0 Å². The van der Waals surface area contributed by atoms with Gasteiger partial charge in [0.1, 0.15) is 0 Å². The molecular formula is C15H23N2OP. The number of benzene rings is 1. The molecule has 0 saturated carbocycles. The van der Waals surface area contributed by atoms with Gasteiger partial charge >= 0.3 is 0 Å². The fourth-order valence-corrected chi connectivity index (χ4v) is 5.39. The molecule has 2 fully saturated rings. The van der Waals surface area contributed by atoms with Crippen LogP contribution in [0.15, 0.2) is 24.3 Å². The molecule has 0 amide bonds. The van der Waals surface area contributed by atoms with Crippen LogP contribution in [0.25, 0.3) is 0 Å². The van der Waals surface area contributed by atoms with Crippen LogP contribution in [0.4, 0.5) is 5.69 Å². The van der Waals surface area contributed by atoms with Crippen LogP contribution in [-0.4, -0.2) is 49.6 Å². The average molecular weight is 278 g/mol. The van der Waals surface area contributed by atoms with E-state index in [1.807, 2.05) is 12.1 Å². The second-order valence-corrected chi connectivity index (χ2v) is 7.95. The predicted octanol–water partition coefficient (Wildman–Crippen LogP) is 1.87. The first-order chi connectivity index (χ1) is 9.33. The summed E-state index contributed by atoms with van der Waals surface area (Å²) in [6, 6.07) is 9.32. The van der Waals surface area contributed by atoms with E-state index in [1.54, 1.807) is 0 Å². The lowest BCUT2D eigenvalue weighted by Gasteiger charge is -2.39. The van der Waals surface area contributed by atoms with Crippen molar-refractivity contribution in [1.29, 1.82) is 0 Å². The van der Waals surface area contributed by atoms with E-state index in [2.05, 4.69) is 17.0 Å². The van der Waals surface area contributed by atoms with E-state index in [0.717, 1.165) is 24.9 Å². The predicted molar refractivity (Wildman–Crippen MR) is 82.6 cm³/mol. The third-order valence-corrected chi connectivity index (χ3v) is 6.79. The minimum absolute atomic E-state index is 0.0446. The Labute approximate surface area is 116 Å². The summed E-state index contributed by atoms with van der Waals surface area (Å²) in [6.07, 6.45) is 5.13. The molecule has 2 aliphatic rings. The minimum Gasteiger partial charge on any atom is -0.399 e. The highest BCUT2D eigenvalue weighted by molar-refractivity contribution is 7.65. The molecule has 0 aromatic heterocycles. The molecule has 4 heteroatoms. The van der Waals surface area contributed by atoms with Crippen molar-refractivity contribution in [1.82, 2.24) is 4.90 Å². The topological polar surface area (TPSA) is 38.5 Å². The third kappa shape index (κ3) is 3.28. The normalized spacial score (nSPS) is 23.6. The van der Waals surface area contributed by atoms with Crippen molar-refractivity contribution in [3.63, 3.8) is 0 Å². The quantitative estimate of drug-likeness (QED) is 0.663. The van der Waals surface area contributed by atoms with Gasteiger partial charge in [-0.05, 0) is 42.6 Å². The van der Waals surface area contributed by atoms with Gasteiger partial charge in [-0.15, -0.1) is 0 Å². The molecule has 0 radical (unpaired) electrons. The van der Waals surface area contributed by atoms with Crippen molar-refractivity contribution in [2.24, 2.45) is 0 Å². The molecule has 2 N–H and O–H groups in total. The van der Waals surface area contributed by atoms with E-state index in [1.165, 1.54) is 43.6 Å². The van der Waals surface area contributed by atoms with Crippen LogP contribution in [0.1, 0.15) is 12.8 Å². The lowest BCUT2D eigenvalue weighted by Crippen LogP contribution is -2.45. The summed E-state index contributed by atoms with van der Waals surface area (Å²) in [5, 5.41) is 1.52. The summed E-state index contributed by atoms with van der Waals surface area (Å²) in [5.74, 6) is 0. The number of anilines is 1. The Bertz CT molecular complexity index is 395. The summed E-state index contributed by atoms with van der Waals surface area (Å²) >= 11 is 0. The molecule has 2 saturated heterocycles. The van der Waals surface area contributed by atoms with E-state index in [9.17, 15) is 0 Å². The number of nitrogen functional groups attached to an aromatic ring is 1. The molecular weight excluding hydrogens is 255 g/mol. The van der Waals surface area contributed by atoms with Crippen LogP contribution in [-0.2, 0) is 4.74 Å². The van der Waals surface area contributed by atoms with Crippen LogP contribution in [0.2, 0.25) is 0 Å². The summed E-state index contributed by atoms with van der Waals surface area (Å²) in [7, 11) is 0.0446. The van der Waals surface area contributed by atoms with Gasteiger partial charge in [-0.3, -0.25) is 4.90 Å². The summed E-state index contributed by atoms with van der Waals surface area (Å²) in [4.78, 5) is 2.69. The van der Waals surface area contributed by atoms with Crippen LogP contribution in [0, 0.1) is 0 Å². The first-order valence-corrected chi connectivity index (χ1v) is 8.96. The molecule has 0 aliphatic carbocycles. The van der Waals surface area contributed by atoms with Crippen LogP contribution < -0.4 is 11.0 Å². The van der Waals surface area contributed by atoms with Crippen molar-refractivity contribution >= 4 is 18.9 Å². The maximum atomic E-state index is 5.76. The first kappa shape index (κ1) is 13.4. The summed E-state index contributed by atoms with van der Waals surface area (Å²) < 4.78 is 5.46. The lowest BCUT2D eigenvalue weighted by atomic mass is 10.1. The smallest absolute Gasteiger partial charge is 0.0480 e. The number of hydrogen-bond donors (Lipinski definition) is 1. The Morgan fingerprint density at radius 3 is 2.32 bits per heavy atom. The summed E-state index contributed by atoms with van der Waals surface area (Å²) in [6.45, 7) is 4.43. The van der Waals surface area contributed by atoms with Gasteiger partial charge in [0.2, 0.25) is 0 Å². The number of rotatable bonds is 2. The SMILES string of the molecule is Nc1ccc(P2CCN(C3CCOCC3)CC2)cc1. The standard InChI is InChI=1S/C15H23N2OP/c16-13-1-3-15(4-2-13)19-11-7-17(8-12-19)14-5-9-18-10-6-14/h1-4,14H,5-12,16H2. The van der Waals surface area contributed by atoms with Gasteiger partial charge in [-0.2, -0.15) is 0 Å². The van der Waals surface area contributed by atoms with Crippen molar-refractivity contribution in [3.05, 3.63) is 24.3 Å². The number of hydrogen-bond acceptors (Lipinski definition) is 3. The highest BCUT2D eigenvalue weighted by Crippen LogP contribution is 2.38. The van der Waals surface area contributed by atoms with Gasteiger partial charge < -0.3 is 10.5 Å². The van der Waals surface area contributed by atoms with E-state index in [0.29, 0.717) is 0 Å². The van der Waals surface area contributed by atoms with E-state index in [-0.39, 0.29) is 7.92 Å². The first-order valence-electron chi connectivity index (χ1n) is 7.25. The molecule has 2 aliphatic heterocycles. The molecule has 104 valence electrons. The zero-order chi connectivity index (χ0) is 13.1. The van der Waals surface area contributed by atoms with Gasteiger partial charge in [-0.1, -0.05) is 20.1 Å². The van der Waals surface area contributed by atoms with Crippen LogP contribution >= 0.6 is 7.92 Å². The molecule has 0 bridgehead atoms. The highest BCUT2D eigenvalue weighted by Gasteiger charge is 2.26. The van der Waals surface area contributed by atoms with Crippen molar-refractivity contribution in [2.45, 2.75) is 18.9 Å². The van der Waals surface area contributed by atoms with Crippen LogP contribution in [0.3, 0.4) is 0 Å². The summed E-state index contributed by atoms with van der Waals surface area (Å²) in [5.41, 5.74) is 6.64. The number of ether oxygens (including phenoxy) is 1. The number of nitrogens with two attached hydrogens (primary N) is 1. The maximum absolute atomic E-state index is 5.76. The van der Waals surface area contributed by atoms with Crippen molar-refractivity contribution < 1.29 is 4.74 Å². The zero-order valence-electron chi connectivity index (χ0n) is 11.4. The maximum Gasteiger partial charge on any atom is 0.0480 e. The van der Waals surface area contributed by atoms with Crippen molar-refractivity contribution in [3.8, 4) is 0 Å². The fourth-order valence-electron chi connectivity index (χ4n) is 3.08. The Morgan fingerprint density at radius 1 is 1.05 bits per heavy atom. The monoisotopic (exact) mass is 278 g/mol. The molecule has 0 unspecified atom stereocenters. The van der Waals surface area contributed by atoms with Crippen molar-refractivity contribution in [2.75, 3.05) is 44.4 Å². The van der Waals surface area contributed by atoms with E-state index in [4.69, 9.17) is 10.5 Å². The molecule has 3 rings (SSSR count). The Kier molecular flexibility index (Phi) is 4.37. The molecule has 0 spiro atoms. The highest BCUT2D eigenvalue weighted by atomic mass is 31.1. The van der Waals surface area contributed by atoms with Gasteiger partial charge in [0.25, 0.3) is 0 Å². The minimum atomic E-state index is 0.0446. The Balaban J connectivity index is 1.55. The van der Waals surface area contributed by atoms with Gasteiger partial charge in [0.15, 0.2) is 0 Å². The van der Waals surface area contributed by atoms with E-state index < -0.39 is 0 Å². The zero-order valence-corrected chi connectivity index (χ0v) is 12.3. The second kappa shape index (κ2) is 6.21. The Morgan fingerprint density at radius 2 is 1.68 bits per heavy atom. The average Bonchev–Trinajstić information content (AvgIpc) is 2.49.